The second-order valence-electron chi connectivity index (χ2n) is 5.10. The fourth-order valence-electron chi connectivity index (χ4n) is 2.66. The van der Waals surface area contributed by atoms with Crippen molar-refractivity contribution in [2.45, 2.75) is 6.54 Å². The van der Waals surface area contributed by atoms with E-state index in [0.29, 0.717) is 17.1 Å². The Labute approximate surface area is 130 Å². The SMILES string of the molecule is O=c1c2[nH]c3cccc(Cl)c3c2[nH+]cn1Cc1ccncc1. The molecule has 0 saturated heterocycles. The third-order valence-corrected chi connectivity index (χ3v) is 4.03. The molecule has 4 aromatic rings. The smallest absolute Gasteiger partial charge is 0.345 e. The maximum absolute atomic E-state index is 12.7. The van der Waals surface area contributed by atoms with E-state index < -0.39 is 0 Å². The zero-order valence-electron chi connectivity index (χ0n) is 11.5. The molecule has 22 heavy (non-hydrogen) atoms. The first-order chi connectivity index (χ1) is 10.7. The molecule has 5 nitrogen and oxygen atoms in total. The number of nitrogens with one attached hydrogen (secondary N) is 2. The highest BCUT2D eigenvalue weighted by Gasteiger charge is 2.17. The van der Waals surface area contributed by atoms with Gasteiger partial charge in [-0.15, -0.1) is 0 Å². The van der Waals surface area contributed by atoms with Crippen LogP contribution >= 0.6 is 11.6 Å². The minimum atomic E-state index is -0.0853. The molecule has 0 saturated carbocycles. The summed E-state index contributed by atoms with van der Waals surface area (Å²) in [5.41, 5.74) is 3.03. The van der Waals surface area contributed by atoms with Gasteiger partial charge in [0.15, 0.2) is 11.0 Å². The zero-order valence-corrected chi connectivity index (χ0v) is 12.3. The van der Waals surface area contributed by atoms with Crippen LogP contribution < -0.4 is 10.5 Å². The van der Waals surface area contributed by atoms with Crippen molar-refractivity contribution in [2.75, 3.05) is 0 Å². The molecule has 3 heterocycles. The molecule has 0 fully saturated rings. The van der Waals surface area contributed by atoms with E-state index >= 15 is 0 Å². The van der Waals surface area contributed by atoms with Crippen LogP contribution in [0.3, 0.4) is 0 Å². The van der Waals surface area contributed by atoms with Gasteiger partial charge >= 0.3 is 5.56 Å². The largest absolute Gasteiger partial charge is 0.361 e. The van der Waals surface area contributed by atoms with E-state index in [1.54, 1.807) is 23.3 Å². The molecule has 0 aliphatic carbocycles. The summed E-state index contributed by atoms with van der Waals surface area (Å²) in [5.74, 6) is 0. The molecule has 0 bridgehead atoms. The highest BCUT2D eigenvalue weighted by molar-refractivity contribution is 6.37. The Bertz CT molecular complexity index is 1040. The van der Waals surface area contributed by atoms with E-state index in [4.69, 9.17) is 11.6 Å². The van der Waals surface area contributed by atoms with E-state index in [1.807, 2.05) is 30.3 Å². The Balaban J connectivity index is 1.93. The van der Waals surface area contributed by atoms with Crippen molar-refractivity contribution in [3.63, 3.8) is 0 Å². The monoisotopic (exact) mass is 311 g/mol. The van der Waals surface area contributed by atoms with Gasteiger partial charge in [0.2, 0.25) is 6.33 Å². The van der Waals surface area contributed by atoms with E-state index in [-0.39, 0.29) is 5.56 Å². The van der Waals surface area contributed by atoms with Crippen LogP contribution in [-0.4, -0.2) is 14.5 Å². The molecule has 2 N–H and O–H groups in total. The summed E-state index contributed by atoms with van der Waals surface area (Å²) in [7, 11) is 0. The van der Waals surface area contributed by atoms with Gasteiger partial charge in [0, 0.05) is 12.4 Å². The van der Waals surface area contributed by atoms with Gasteiger partial charge in [-0.05, 0) is 29.8 Å². The van der Waals surface area contributed by atoms with Crippen LogP contribution in [0.4, 0.5) is 0 Å². The summed E-state index contributed by atoms with van der Waals surface area (Å²) in [6, 6.07) is 9.35. The molecule has 1 aromatic carbocycles. The first-order valence-corrected chi connectivity index (χ1v) is 7.22. The van der Waals surface area contributed by atoms with Crippen molar-refractivity contribution in [1.29, 1.82) is 0 Å². The fraction of sp³-hybridized carbons (Fsp3) is 0.0625. The van der Waals surface area contributed by atoms with Gasteiger partial charge in [0.25, 0.3) is 0 Å². The number of benzene rings is 1. The summed E-state index contributed by atoms with van der Waals surface area (Å²) in [5, 5.41) is 1.46. The van der Waals surface area contributed by atoms with Gasteiger partial charge in [0.1, 0.15) is 6.54 Å². The first-order valence-electron chi connectivity index (χ1n) is 6.84. The predicted octanol–water partition coefficient (Wildman–Crippen LogP) is 2.39. The van der Waals surface area contributed by atoms with Crippen molar-refractivity contribution < 1.29 is 4.98 Å². The minimum absolute atomic E-state index is 0.0853. The number of rotatable bonds is 2. The minimum Gasteiger partial charge on any atom is -0.345 e. The Kier molecular flexibility index (Phi) is 2.94. The molecule has 6 heteroatoms. The number of fused-ring (bicyclic) bond motifs is 3. The standard InChI is InChI=1S/C16H11ClN4O/c17-11-2-1-3-12-13(11)14-15(20-12)16(22)21(9-19-14)8-10-4-6-18-7-5-10/h1-7,9,20H,8H2/p+1. The van der Waals surface area contributed by atoms with Crippen molar-refractivity contribution in [1.82, 2.24) is 14.5 Å². The fourth-order valence-corrected chi connectivity index (χ4v) is 2.93. The van der Waals surface area contributed by atoms with E-state index in [1.165, 1.54) is 0 Å². The summed E-state index contributed by atoms with van der Waals surface area (Å²) < 4.78 is 1.63. The molecule has 0 amide bonds. The molecular weight excluding hydrogens is 300 g/mol. The highest BCUT2D eigenvalue weighted by atomic mass is 35.5. The Morgan fingerprint density at radius 3 is 2.86 bits per heavy atom. The molecule has 108 valence electrons. The highest BCUT2D eigenvalue weighted by Crippen LogP contribution is 2.27. The molecule has 0 radical (unpaired) electrons. The van der Waals surface area contributed by atoms with Gasteiger partial charge in [0.05, 0.1) is 15.9 Å². The Morgan fingerprint density at radius 1 is 1.23 bits per heavy atom. The van der Waals surface area contributed by atoms with Crippen molar-refractivity contribution in [2.24, 2.45) is 0 Å². The van der Waals surface area contributed by atoms with Crippen LogP contribution in [0.5, 0.6) is 0 Å². The average molecular weight is 312 g/mol. The molecule has 0 spiro atoms. The van der Waals surface area contributed by atoms with Crippen LogP contribution in [0.2, 0.25) is 5.02 Å². The Hall–Kier alpha value is -2.66. The average Bonchev–Trinajstić information content (AvgIpc) is 2.92. The molecular formula is C16H12ClN4O+. The van der Waals surface area contributed by atoms with Gasteiger partial charge in [-0.3, -0.25) is 4.98 Å². The molecule has 3 aromatic heterocycles. The molecule has 0 aliphatic heterocycles. The van der Waals surface area contributed by atoms with Crippen molar-refractivity contribution in [3.8, 4) is 0 Å². The summed E-state index contributed by atoms with van der Waals surface area (Å²) in [6.45, 7) is 0.483. The number of hydrogen-bond acceptors (Lipinski definition) is 2. The van der Waals surface area contributed by atoms with Gasteiger partial charge in [-0.25, -0.2) is 9.78 Å². The molecule has 4 rings (SSSR count). The third kappa shape index (κ3) is 1.98. The number of nitrogens with zero attached hydrogens (tertiary/aromatic N) is 2. The number of aromatic nitrogens is 4. The van der Waals surface area contributed by atoms with Crippen LogP contribution in [0.25, 0.3) is 21.9 Å². The quantitative estimate of drug-likeness (QED) is 0.618. The van der Waals surface area contributed by atoms with Crippen LogP contribution in [0.1, 0.15) is 5.56 Å². The van der Waals surface area contributed by atoms with Crippen molar-refractivity contribution in [3.05, 3.63) is 70.0 Å². The molecule has 0 atom stereocenters. The maximum atomic E-state index is 12.7. The summed E-state index contributed by atoms with van der Waals surface area (Å²) in [4.78, 5) is 23.0. The lowest BCUT2D eigenvalue weighted by molar-refractivity contribution is -0.351. The lowest BCUT2D eigenvalue weighted by atomic mass is 10.2. The number of halogens is 1. The number of H-pyrrole nitrogens is 2. The number of hydrogen-bond donors (Lipinski definition) is 1. The van der Waals surface area contributed by atoms with Crippen LogP contribution in [0, 0.1) is 0 Å². The van der Waals surface area contributed by atoms with Crippen LogP contribution in [0.15, 0.2) is 53.8 Å². The third-order valence-electron chi connectivity index (χ3n) is 3.72. The second-order valence-corrected chi connectivity index (χ2v) is 5.51. The molecule has 0 aliphatic rings. The second kappa shape index (κ2) is 4.96. The van der Waals surface area contributed by atoms with Gasteiger partial charge in [-0.2, -0.15) is 4.57 Å². The topological polar surface area (TPSA) is 64.8 Å². The van der Waals surface area contributed by atoms with E-state index in [2.05, 4.69) is 15.0 Å². The van der Waals surface area contributed by atoms with Crippen LogP contribution in [-0.2, 0) is 6.54 Å². The predicted molar refractivity (Wildman–Crippen MR) is 85.0 cm³/mol. The lowest BCUT2D eigenvalue weighted by Crippen LogP contribution is -2.26. The van der Waals surface area contributed by atoms with Gasteiger partial charge < -0.3 is 4.98 Å². The molecule has 0 unspecified atom stereocenters. The van der Waals surface area contributed by atoms with Crippen molar-refractivity contribution >= 4 is 33.5 Å². The number of pyridine rings is 1. The summed E-state index contributed by atoms with van der Waals surface area (Å²) in [6.07, 6.45) is 5.11. The number of aromatic amines is 2. The maximum Gasteiger partial charge on any atom is 0.361 e. The Morgan fingerprint density at radius 2 is 2.05 bits per heavy atom. The van der Waals surface area contributed by atoms with E-state index in [9.17, 15) is 4.79 Å². The first kappa shape index (κ1) is 13.0. The zero-order chi connectivity index (χ0) is 15.1. The normalized spacial score (nSPS) is 11.3. The lowest BCUT2D eigenvalue weighted by Gasteiger charge is -1.99. The summed E-state index contributed by atoms with van der Waals surface area (Å²) >= 11 is 6.24. The van der Waals surface area contributed by atoms with E-state index in [0.717, 1.165) is 22.0 Å². The van der Waals surface area contributed by atoms with Gasteiger partial charge in [-0.1, -0.05) is 17.7 Å².